The summed E-state index contributed by atoms with van der Waals surface area (Å²) in [6.45, 7) is -0.119. The van der Waals surface area contributed by atoms with E-state index in [1.54, 1.807) is 30.3 Å². The second kappa shape index (κ2) is 6.85. The third-order valence-corrected chi connectivity index (χ3v) is 2.93. The van der Waals surface area contributed by atoms with Gasteiger partial charge in [0.25, 0.3) is 0 Å². The molecule has 0 aliphatic carbocycles. The number of carbonyl (C=O) groups excluding carboxylic acids is 1. The van der Waals surface area contributed by atoms with Gasteiger partial charge < -0.3 is 14.6 Å². The van der Waals surface area contributed by atoms with Crippen molar-refractivity contribution < 1.29 is 23.8 Å². The minimum absolute atomic E-state index is 0.119. The van der Waals surface area contributed by atoms with E-state index in [1.165, 1.54) is 25.3 Å². The minimum Gasteiger partial charge on any atom is -0.491 e. The van der Waals surface area contributed by atoms with Gasteiger partial charge in [-0.2, -0.15) is 0 Å². The van der Waals surface area contributed by atoms with Gasteiger partial charge in [-0.15, -0.1) is 0 Å². The predicted molar refractivity (Wildman–Crippen MR) is 74.6 cm³/mol. The summed E-state index contributed by atoms with van der Waals surface area (Å²) in [6, 6.07) is 12.3. The molecule has 1 unspecified atom stereocenters. The monoisotopic (exact) mass is 290 g/mol. The van der Waals surface area contributed by atoms with E-state index in [2.05, 4.69) is 4.74 Å². The second-order valence-corrected chi connectivity index (χ2v) is 4.37. The fraction of sp³-hybridized carbons (Fsp3) is 0.188. The summed E-state index contributed by atoms with van der Waals surface area (Å²) in [5, 5.41) is 9.93. The molecule has 0 radical (unpaired) electrons. The standard InChI is InChI=1S/C16H15FO4/c1-20-16(19)11-5-4-6-12(9-11)21-10-15(18)13-7-2-3-8-14(13)17/h2-9,15,18H,10H2,1H3. The molecule has 0 aliphatic heterocycles. The highest BCUT2D eigenvalue weighted by molar-refractivity contribution is 5.89. The summed E-state index contributed by atoms with van der Waals surface area (Å²) in [6.07, 6.45) is -1.09. The van der Waals surface area contributed by atoms with E-state index in [-0.39, 0.29) is 12.2 Å². The van der Waals surface area contributed by atoms with Crippen molar-refractivity contribution in [3.05, 3.63) is 65.5 Å². The first-order valence-electron chi connectivity index (χ1n) is 6.35. The van der Waals surface area contributed by atoms with Gasteiger partial charge in [-0.25, -0.2) is 9.18 Å². The molecule has 21 heavy (non-hydrogen) atoms. The van der Waals surface area contributed by atoms with E-state index in [1.807, 2.05) is 0 Å². The first-order valence-corrected chi connectivity index (χ1v) is 6.35. The van der Waals surface area contributed by atoms with E-state index in [9.17, 15) is 14.3 Å². The summed E-state index contributed by atoms with van der Waals surface area (Å²) < 4.78 is 23.5. The van der Waals surface area contributed by atoms with E-state index in [0.29, 0.717) is 11.3 Å². The van der Waals surface area contributed by atoms with Crippen molar-refractivity contribution in [2.75, 3.05) is 13.7 Å². The largest absolute Gasteiger partial charge is 0.491 e. The molecule has 0 spiro atoms. The van der Waals surface area contributed by atoms with Crippen LogP contribution in [0.25, 0.3) is 0 Å². The molecular weight excluding hydrogens is 275 g/mol. The van der Waals surface area contributed by atoms with Crippen LogP contribution in [0.4, 0.5) is 4.39 Å². The number of esters is 1. The Morgan fingerprint density at radius 1 is 1.24 bits per heavy atom. The van der Waals surface area contributed by atoms with Crippen LogP contribution in [0.2, 0.25) is 0 Å². The third-order valence-electron chi connectivity index (χ3n) is 2.93. The maximum Gasteiger partial charge on any atom is 0.337 e. The van der Waals surface area contributed by atoms with Crippen molar-refractivity contribution in [1.82, 2.24) is 0 Å². The van der Waals surface area contributed by atoms with Gasteiger partial charge in [0, 0.05) is 5.56 Å². The van der Waals surface area contributed by atoms with Crippen molar-refractivity contribution in [2.24, 2.45) is 0 Å². The van der Waals surface area contributed by atoms with E-state index in [0.717, 1.165) is 0 Å². The molecule has 2 aromatic carbocycles. The summed E-state index contributed by atoms with van der Waals surface area (Å²) in [5.74, 6) is -0.569. The molecule has 4 nitrogen and oxygen atoms in total. The van der Waals surface area contributed by atoms with E-state index in [4.69, 9.17) is 4.74 Å². The topological polar surface area (TPSA) is 55.8 Å². The molecule has 0 amide bonds. The molecule has 1 atom stereocenters. The zero-order valence-electron chi connectivity index (χ0n) is 11.5. The maximum atomic E-state index is 13.5. The second-order valence-electron chi connectivity index (χ2n) is 4.37. The van der Waals surface area contributed by atoms with Crippen LogP contribution in [0.1, 0.15) is 22.0 Å². The third kappa shape index (κ3) is 3.79. The smallest absolute Gasteiger partial charge is 0.337 e. The lowest BCUT2D eigenvalue weighted by Gasteiger charge is -2.13. The lowest BCUT2D eigenvalue weighted by atomic mass is 10.1. The molecule has 0 heterocycles. The fourth-order valence-electron chi connectivity index (χ4n) is 1.84. The Bertz CT molecular complexity index is 627. The number of hydrogen-bond acceptors (Lipinski definition) is 4. The molecule has 0 aromatic heterocycles. The van der Waals surface area contributed by atoms with Crippen LogP contribution < -0.4 is 4.74 Å². The van der Waals surface area contributed by atoms with Gasteiger partial charge in [0.2, 0.25) is 0 Å². The number of methoxy groups -OCH3 is 1. The Morgan fingerprint density at radius 3 is 2.71 bits per heavy atom. The Balaban J connectivity index is 2.03. The average Bonchev–Trinajstić information content (AvgIpc) is 2.52. The van der Waals surface area contributed by atoms with Gasteiger partial charge in [-0.1, -0.05) is 24.3 Å². The van der Waals surface area contributed by atoms with E-state index < -0.39 is 17.9 Å². The molecule has 2 rings (SSSR count). The van der Waals surface area contributed by atoms with Crippen LogP contribution in [-0.2, 0) is 4.74 Å². The quantitative estimate of drug-likeness (QED) is 0.860. The van der Waals surface area contributed by atoms with Crippen LogP contribution in [0.5, 0.6) is 5.75 Å². The number of aliphatic hydroxyl groups is 1. The molecule has 110 valence electrons. The van der Waals surface area contributed by atoms with Gasteiger partial charge in [-0.05, 0) is 24.3 Å². The Morgan fingerprint density at radius 2 is 2.00 bits per heavy atom. The summed E-state index contributed by atoms with van der Waals surface area (Å²) in [4.78, 5) is 11.4. The number of aliphatic hydroxyl groups excluding tert-OH is 1. The summed E-state index contributed by atoms with van der Waals surface area (Å²) in [5.41, 5.74) is 0.511. The maximum absolute atomic E-state index is 13.5. The zero-order valence-corrected chi connectivity index (χ0v) is 11.5. The average molecular weight is 290 g/mol. The Labute approximate surface area is 121 Å². The molecule has 0 saturated heterocycles. The SMILES string of the molecule is COC(=O)c1cccc(OCC(O)c2ccccc2F)c1. The number of halogens is 1. The number of carbonyl (C=O) groups is 1. The van der Waals surface area contributed by atoms with Crippen molar-refractivity contribution in [2.45, 2.75) is 6.10 Å². The van der Waals surface area contributed by atoms with Crippen LogP contribution in [0.15, 0.2) is 48.5 Å². The molecule has 0 saturated carbocycles. The van der Waals surface area contributed by atoms with Crippen molar-refractivity contribution in [3.8, 4) is 5.75 Å². The van der Waals surface area contributed by atoms with Crippen molar-refractivity contribution >= 4 is 5.97 Å². The Hall–Kier alpha value is -2.40. The van der Waals surface area contributed by atoms with Crippen LogP contribution >= 0.6 is 0 Å². The minimum atomic E-state index is -1.09. The van der Waals surface area contributed by atoms with Gasteiger partial charge >= 0.3 is 5.97 Å². The van der Waals surface area contributed by atoms with E-state index >= 15 is 0 Å². The summed E-state index contributed by atoms with van der Waals surface area (Å²) in [7, 11) is 1.29. The predicted octanol–water partition coefficient (Wildman–Crippen LogP) is 2.72. The van der Waals surface area contributed by atoms with Gasteiger partial charge in [0.05, 0.1) is 12.7 Å². The van der Waals surface area contributed by atoms with Crippen LogP contribution in [-0.4, -0.2) is 24.8 Å². The van der Waals surface area contributed by atoms with Crippen molar-refractivity contribution in [1.29, 1.82) is 0 Å². The highest BCUT2D eigenvalue weighted by Crippen LogP contribution is 2.20. The van der Waals surface area contributed by atoms with Crippen LogP contribution in [0.3, 0.4) is 0 Å². The molecule has 0 fully saturated rings. The number of benzene rings is 2. The summed E-state index contributed by atoms with van der Waals surface area (Å²) >= 11 is 0. The number of rotatable bonds is 5. The fourth-order valence-corrected chi connectivity index (χ4v) is 1.84. The molecular formula is C16H15FO4. The first-order chi connectivity index (χ1) is 10.1. The molecule has 1 N–H and O–H groups in total. The molecule has 2 aromatic rings. The van der Waals surface area contributed by atoms with Crippen molar-refractivity contribution in [3.63, 3.8) is 0 Å². The lowest BCUT2D eigenvalue weighted by Crippen LogP contribution is -2.11. The normalized spacial score (nSPS) is 11.8. The van der Waals surface area contributed by atoms with Gasteiger partial charge in [0.15, 0.2) is 0 Å². The van der Waals surface area contributed by atoms with Crippen LogP contribution in [0, 0.1) is 5.82 Å². The molecule has 5 heteroatoms. The van der Waals surface area contributed by atoms with Gasteiger partial charge in [0.1, 0.15) is 24.3 Å². The number of hydrogen-bond donors (Lipinski definition) is 1. The highest BCUT2D eigenvalue weighted by Gasteiger charge is 2.13. The molecule has 0 aliphatic rings. The lowest BCUT2D eigenvalue weighted by molar-refractivity contribution is 0.0600. The highest BCUT2D eigenvalue weighted by atomic mass is 19.1. The first kappa shape index (κ1) is 15.0. The Kier molecular flexibility index (Phi) is 4.90. The van der Waals surface area contributed by atoms with Gasteiger partial charge in [-0.3, -0.25) is 0 Å². The zero-order chi connectivity index (χ0) is 15.2. The number of ether oxygens (including phenoxy) is 2. The molecule has 0 bridgehead atoms.